The number of aromatic nitrogens is 2. The summed E-state index contributed by atoms with van der Waals surface area (Å²) in [5, 5.41) is 0.937. The summed E-state index contributed by atoms with van der Waals surface area (Å²) in [5.41, 5.74) is 4.48. The minimum Gasteiger partial charge on any atom is -0.344 e. The molecule has 3 aromatic rings. The molecule has 3 nitrogen and oxygen atoms in total. The molecule has 0 atom stereocenters. The van der Waals surface area contributed by atoms with Crippen molar-refractivity contribution in [1.82, 2.24) is 14.5 Å². The maximum Gasteiger partial charge on any atom is 0.416 e. The van der Waals surface area contributed by atoms with Gasteiger partial charge >= 0.3 is 6.18 Å². The molecule has 0 aliphatic carbocycles. The summed E-state index contributed by atoms with van der Waals surface area (Å²) in [4.78, 5) is 6.54. The Morgan fingerprint density at radius 2 is 1.96 bits per heavy atom. The second-order valence-corrected chi connectivity index (χ2v) is 7.35. The fraction of sp³-hybridized carbons (Fsp3) is 0.381. The molecule has 0 saturated carbocycles. The molecule has 4 rings (SSSR count). The predicted octanol–water partition coefficient (Wildman–Crippen LogP) is 4.59. The van der Waals surface area contributed by atoms with Crippen LogP contribution in [0.3, 0.4) is 0 Å². The van der Waals surface area contributed by atoms with E-state index in [9.17, 15) is 13.2 Å². The van der Waals surface area contributed by atoms with E-state index in [2.05, 4.69) is 14.5 Å². The monoisotopic (exact) mass is 373 g/mol. The number of benzene rings is 1. The molecule has 0 spiro atoms. The first kappa shape index (κ1) is 18.0. The first-order chi connectivity index (χ1) is 12.8. The first-order valence-electron chi connectivity index (χ1n) is 9.14. The number of halogens is 3. The molecule has 0 saturated heterocycles. The van der Waals surface area contributed by atoms with E-state index in [4.69, 9.17) is 0 Å². The third-order valence-corrected chi connectivity index (χ3v) is 5.37. The average molecular weight is 373 g/mol. The van der Waals surface area contributed by atoms with Gasteiger partial charge in [-0.2, -0.15) is 13.2 Å². The van der Waals surface area contributed by atoms with E-state index in [0.29, 0.717) is 12.1 Å². The molecular formula is C21H22F3N3. The topological polar surface area (TPSA) is 21.1 Å². The second-order valence-electron chi connectivity index (χ2n) is 7.35. The van der Waals surface area contributed by atoms with Gasteiger partial charge in [0.1, 0.15) is 0 Å². The summed E-state index contributed by atoms with van der Waals surface area (Å²) in [6.45, 7) is 4.29. The Kier molecular flexibility index (Phi) is 4.46. The zero-order chi connectivity index (χ0) is 19.2. The number of pyridine rings is 1. The van der Waals surface area contributed by atoms with Crippen LogP contribution in [-0.2, 0) is 32.1 Å². The summed E-state index contributed by atoms with van der Waals surface area (Å²) in [6.07, 6.45) is -0.881. The lowest BCUT2D eigenvalue weighted by molar-refractivity contribution is -0.137. The normalized spacial score (nSPS) is 15.3. The van der Waals surface area contributed by atoms with Crippen LogP contribution in [0.15, 0.2) is 36.5 Å². The minimum atomic E-state index is -4.33. The van der Waals surface area contributed by atoms with Gasteiger partial charge in [0, 0.05) is 54.5 Å². The largest absolute Gasteiger partial charge is 0.416 e. The number of hydrogen-bond acceptors (Lipinski definition) is 2. The highest BCUT2D eigenvalue weighted by molar-refractivity contribution is 5.86. The lowest BCUT2D eigenvalue weighted by Gasteiger charge is -2.24. The van der Waals surface area contributed by atoms with E-state index in [-0.39, 0.29) is 0 Å². The molecule has 3 heterocycles. The third kappa shape index (κ3) is 3.46. The fourth-order valence-corrected chi connectivity index (χ4v) is 3.90. The summed E-state index contributed by atoms with van der Waals surface area (Å²) >= 11 is 0. The first-order valence-corrected chi connectivity index (χ1v) is 9.14. The Morgan fingerprint density at radius 1 is 1.15 bits per heavy atom. The summed E-state index contributed by atoms with van der Waals surface area (Å²) in [7, 11) is 2.05. The number of rotatable bonds is 3. The second kappa shape index (κ2) is 6.68. The molecule has 142 valence electrons. The lowest BCUT2D eigenvalue weighted by atomic mass is 10.0. The number of fused-ring (bicyclic) bond motifs is 3. The van der Waals surface area contributed by atoms with Crippen molar-refractivity contribution in [2.75, 3.05) is 13.6 Å². The Morgan fingerprint density at radius 3 is 2.67 bits per heavy atom. The highest BCUT2D eigenvalue weighted by Crippen LogP contribution is 2.36. The number of likely N-dealkylation sites (N-methyl/N-ethyl adjacent to an activating group) is 1. The van der Waals surface area contributed by atoms with Crippen LogP contribution in [0.25, 0.3) is 10.9 Å². The van der Waals surface area contributed by atoms with E-state index >= 15 is 0 Å². The Labute approximate surface area is 156 Å². The van der Waals surface area contributed by atoms with Gasteiger partial charge in [-0.05, 0) is 49.7 Å². The van der Waals surface area contributed by atoms with Crippen molar-refractivity contribution in [3.8, 4) is 0 Å². The van der Waals surface area contributed by atoms with E-state index in [0.717, 1.165) is 48.1 Å². The van der Waals surface area contributed by atoms with Gasteiger partial charge in [-0.25, -0.2) is 0 Å². The van der Waals surface area contributed by atoms with Crippen LogP contribution in [0.1, 0.15) is 28.1 Å². The zero-order valence-electron chi connectivity index (χ0n) is 15.5. The molecule has 0 N–H and O–H groups in total. The van der Waals surface area contributed by atoms with E-state index < -0.39 is 11.7 Å². The molecule has 0 amide bonds. The fourth-order valence-electron chi connectivity index (χ4n) is 3.90. The molecule has 1 aliphatic heterocycles. The quantitative estimate of drug-likeness (QED) is 0.669. The van der Waals surface area contributed by atoms with Crippen molar-refractivity contribution < 1.29 is 13.2 Å². The SMILES string of the molecule is Cc1ccc(CCn2c3c(c4ccc(C(F)(F)F)cc42)CN(C)CC3)cn1. The molecule has 27 heavy (non-hydrogen) atoms. The number of aryl methyl sites for hydroxylation is 3. The molecule has 6 heteroatoms. The van der Waals surface area contributed by atoms with Crippen LogP contribution in [0.4, 0.5) is 13.2 Å². The van der Waals surface area contributed by atoms with Crippen LogP contribution in [0.5, 0.6) is 0 Å². The predicted molar refractivity (Wildman–Crippen MR) is 99.7 cm³/mol. The van der Waals surface area contributed by atoms with Gasteiger partial charge < -0.3 is 9.47 Å². The molecule has 0 unspecified atom stereocenters. The van der Waals surface area contributed by atoms with Crippen molar-refractivity contribution in [1.29, 1.82) is 0 Å². The summed E-state index contributed by atoms with van der Waals surface area (Å²) in [6, 6.07) is 8.15. The molecule has 0 fully saturated rings. The van der Waals surface area contributed by atoms with Gasteiger partial charge in [0.25, 0.3) is 0 Å². The minimum absolute atomic E-state index is 0.587. The van der Waals surface area contributed by atoms with Crippen molar-refractivity contribution in [2.45, 2.75) is 39.0 Å². The van der Waals surface area contributed by atoms with Gasteiger partial charge in [0.15, 0.2) is 0 Å². The van der Waals surface area contributed by atoms with Gasteiger partial charge in [-0.15, -0.1) is 0 Å². The standard InChI is InChI=1S/C21H22F3N3/c1-14-3-4-15(12-25-14)7-10-27-19-8-9-26(2)13-18(19)17-6-5-16(11-20(17)27)21(22,23)24/h3-6,11-12H,7-10,13H2,1-2H3. The molecule has 0 radical (unpaired) electrons. The summed E-state index contributed by atoms with van der Waals surface area (Å²) < 4.78 is 41.9. The number of hydrogen-bond donors (Lipinski definition) is 0. The van der Waals surface area contributed by atoms with E-state index in [1.165, 1.54) is 17.8 Å². The highest BCUT2D eigenvalue weighted by Gasteiger charge is 2.32. The van der Waals surface area contributed by atoms with Crippen LogP contribution in [-0.4, -0.2) is 28.0 Å². The Bertz CT molecular complexity index is 971. The molecule has 0 bridgehead atoms. The molecule has 1 aliphatic rings. The molecule has 1 aromatic carbocycles. The lowest BCUT2D eigenvalue weighted by Crippen LogP contribution is -2.27. The maximum absolute atomic E-state index is 13.3. The van der Waals surface area contributed by atoms with Crippen molar-refractivity contribution in [3.05, 3.63) is 64.6 Å². The van der Waals surface area contributed by atoms with Gasteiger partial charge in [-0.3, -0.25) is 4.98 Å². The van der Waals surface area contributed by atoms with E-state index in [1.54, 1.807) is 6.07 Å². The summed E-state index contributed by atoms with van der Waals surface area (Å²) in [5.74, 6) is 0. The number of nitrogens with zero attached hydrogens (tertiary/aromatic N) is 3. The smallest absolute Gasteiger partial charge is 0.344 e. The van der Waals surface area contributed by atoms with Crippen molar-refractivity contribution in [2.24, 2.45) is 0 Å². The molecular weight excluding hydrogens is 351 g/mol. The van der Waals surface area contributed by atoms with Crippen LogP contribution in [0, 0.1) is 6.92 Å². The Hall–Kier alpha value is -2.34. The van der Waals surface area contributed by atoms with Gasteiger partial charge in [0.2, 0.25) is 0 Å². The van der Waals surface area contributed by atoms with Crippen LogP contribution >= 0.6 is 0 Å². The molecule has 2 aromatic heterocycles. The number of alkyl halides is 3. The third-order valence-electron chi connectivity index (χ3n) is 5.37. The maximum atomic E-state index is 13.3. The van der Waals surface area contributed by atoms with Gasteiger partial charge in [-0.1, -0.05) is 12.1 Å². The average Bonchev–Trinajstić information content (AvgIpc) is 2.93. The van der Waals surface area contributed by atoms with Crippen molar-refractivity contribution in [3.63, 3.8) is 0 Å². The zero-order valence-corrected chi connectivity index (χ0v) is 15.5. The van der Waals surface area contributed by atoms with Crippen molar-refractivity contribution >= 4 is 10.9 Å². The Balaban J connectivity index is 1.77. The highest BCUT2D eigenvalue weighted by atomic mass is 19.4. The van der Waals surface area contributed by atoms with Crippen LogP contribution < -0.4 is 0 Å². The van der Waals surface area contributed by atoms with E-state index in [1.807, 2.05) is 32.3 Å². The van der Waals surface area contributed by atoms with Crippen LogP contribution in [0.2, 0.25) is 0 Å². The van der Waals surface area contributed by atoms with Gasteiger partial charge in [0.05, 0.1) is 5.56 Å².